The van der Waals surface area contributed by atoms with E-state index in [4.69, 9.17) is 8.83 Å². The van der Waals surface area contributed by atoms with Gasteiger partial charge in [-0.05, 0) is 150 Å². The molecule has 2 aliphatic rings. The van der Waals surface area contributed by atoms with Crippen LogP contribution in [0.4, 0.5) is 0 Å². The molecule has 0 amide bonds. The quantitative estimate of drug-likeness (QED) is 0.173. The van der Waals surface area contributed by atoms with Gasteiger partial charge in [-0.3, -0.25) is 0 Å². The van der Waals surface area contributed by atoms with E-state index in [1.165, 1.54) is 93.7 Å². The zero-order valence-corrected chi connectivity index (χ0v) is 38.9. The number of furan rings is 2. The Balaban J connectivity index is 0.820. The fourth-order valence-corrected chi connectivity index (χ4v) is 12.9. The summed E-state index contributed by atoms with van der Waals surface area (Å²) >= 11 is 0. The highest BCUT2D eigenvalue weighted by Gasteiger charge is 2.48. The molecule has 5 heteroatoms. The first-order valence-electron chi connectivity index (χ1n) is 25.0. The standard InChI is InChI=1S/C67H41N3O2/c1-2-12-42(13-3-1)68-61-28-23-40(39-22-27-60-51(32-39)45-14-4-8-18-58(45)69(60)43-25-30-65-54(35-43)47-16-6-10-20-63(47)71-65)33-52(61)53-34-41(24-29-62(53)68)49-37-56-46-15-5-9-19-59(46)70(67(56)57-38-50(49)57)44-26-31-66-55(36-44)48-17-7-11-21-64(48)72-66/h1-37,50,57H,38H2. The van der Waals surface area contributed by atoms with Crippen molar-refractivity contribution in [1.29, 1.82) is 0 Å². The molecule has 2 unspecified atom stereocenters. The lowest BCUT2D eigenvalue weighted by atomic mass is 9.90. The number of para-hydroxylation sites is 5. The molecule has 0 radical (unpaired) electrons. The minimum atomic E-state index is 0.437. The summed E-state index contributed by atoms with van der Waals surface area (Å²) in [5, 5.41) is 10.8. The maximum atomic E-state index is 6.27. The van der Waals surface area contributed by atoms with Crippen molar-refractivity contribution in [2.45, 2.75) is 12.3 Å². The third-order valence-corrected chi connectivity index (χ3v) is 16.1. The van der Waals surface area contributed by atoms with Gasteiger partial charge in [-0.1, -0.05) is 109 Å². The van der Waals surface area contributed by atoms with E-state index in [1.54, 1.807) is 0 Å². The largest absolute Gasteiger partial charge is 0.456 e. The van der Waals surface area contributed by atoms with Crippen LogP contribution in [0.2, 0.25) is 0 Å². The predicted molar refractivity (Wildman–Crippen MR) is 297 cm³/mol. The first-order chi connectivity index (χ1) is 35.7. The predicted octanol–water partition coefficient (Wildman–Crippen LogP) is 17.9. The van der Waals surface area contributed by atoms with Crippen LogP contribution in [-0.2, 0) is 0 Å². The summed E-state index contributed by atoms with van der Waals surface area (Å²) in [6.45, 7) is 0. The van der Waals surface area contributed by atoms with E-state index in [9.17, 15) is 0 Å². The lowest BCUT2D eigenvalue weighted by Crippen LogP contribution is -2.04. The number of nitrogens with zero attached hydrogens (tertiary/aromatic N) is 3. The third-order valence-electron chi connectivity index (χ3n) is 16.1. The van der Waals surface area contributed by atoms with Gasteiger partial charge in [-0.2, -0.15) is 0 Å². The van der Waals surface area contributed by atoms with E-state index in [1.807, 2.05) is 18.2 Å². The van der Waals surface area contributed by atoms with Gasteiger partial charge in [0.1, 0.15) is 22.3 Å². The maximum Gasteiger partial charge on any atom is 0.135 e. The maximum absolute atomic E-state index is 6.27. The Kier molecular flexibility index (Phi) is 7.57. The Morgan fingerprint density at radius 1 is 0.306 bits per heavy atom. The van der Waals surface area contributed by atoms with E-state index >= 15 is 0 Å². The van der Waals surface area contributed by atoms with Gasteiger partial charge in [0, 0.05) is 82.7 Å². The Hall–Kier alpha value is -9.32. The van der Waals surface area contributed by atoms with E-state index in [2.05, 4.69) is 220 Å². The van der Waals surface area contributed by atoms with Gasteiger partial charge in [0.2, 0.25) is 0 Å². The van der Waals surface area contributed by atoms with E-state index < -0.39 is 0 Å². The van der Waals surface area contributed by atoms with E-state index in [-0.39, 0.29) is 0 Å². The molecule has 10 aromatic carbocycles. The van der Waals surface area contributed by atoms with Gasteiger partial charge in [-0.25, -0.2) is 0 Å². The second-order valence-corrected chi connectivity index (χ2v) is 20.0. The molecule has 2 atom stereocenters. The molecule has 0 bridgehead atoms. The smallest absolute Gasteiger partial charge is 0.135 e. The second-order valence-electron chi connectivity index (χ2n) is 20.0. The van der Waals surface area contributed by atoms with Crippen LogP contribution in [0.5, 0.6) is 0 Å². The lowest BCUT2D eigenvalue weighted by Gasteiger charge is -2.18. The summed E-state index contributed by atoms with van der Waals surface area (Å²) in [5.41, 5.74) is 21.0. The Bertz CT molecular complexity index is 4860. The topological polar surface area (TPSA) is 41.1 Å². The van der Waals surface area contributed by atoms with Crippen molar-refractivity contribution in [3.05, 3.63) is 235 Å². The Labute approximate surface area is 412 Å². The summed E-state index contributed by atoms with van der Waals surface area (Å²) < 4.78 is 19.9. The summed E-state index contributed by atoms with van der Waals surface area (Å²) in [5.74, 6) is 0.885. The molecule has 17 rings (SSSR count). The van der Waals surface area contributed by atoms with Crippen molar-refractivity contribution in [3.8, 4) is 28.2 Å². The van der Waals surface area contributed by atoms with Crippen LogP contribution in [-0.4, -0.2) is 13.7 Å². The molecule has 5 nitrogen and oxygen atoms in total. The normalized spacial score (nSPS) is 15.5. The van der Waals surface area contributed by atoms with Gasteiger partial charge in [0.15, 0.2) is 0 Å². The van der Waals surface area contributed by atoms with Crippen LogP contribution in [0.1, 0.15) is 29.2 Å². The van der Waals surface area contributed by atoms with Crippen molar-refractivity contribution in [2.24, 2.45) is 5.92 Å². The van der Waals surface area contributed by atoms with Gasteiger partial charge in [-0.15, -0.1) is 0 Å². The van der Waals surface area contributed by atoms with E-state index in [0.29, 0.717) is 11.8 Å². The first kappa shape index (κ1) is 38.5. The van der Waals surface area contributed by atoms with Crippen molar-refractivity contribution < 1.29 is 8.83 Å². The fraction of sp³-hybridized carbons (Fsp3) is 0.0448. The lowest BCUT2D eigenvalue weighted by molar-refractivity contribution is 0.668. The summed E-state index contributed by atoms with van der Waals surface area (Å²) in [4.78, 5) is 0. The number of hydrogen-bond acceptors (Lipinski definition) is 2. The van der Waals surface area contributed by atoms with Crippen LogP contribution < -0.4 is 0 Å². The molecule has 15 aromatic rings. The van der Waals surface area contributed by atoms with E-state index in [0.717, 1.165) is 61.7 Å². The zero-order chi connectivity index (χ0) is 46.8. The first-order valence-corrected chi connectivity index (χ1v) is 25.0. The number of benzene rings is 10. The highest BCUT2D eigenvalue weighted by Crippen LogP contribution is 2.61. The number of rotatable bonds is 5. The highest BCUT2D eigenvalue weighted by atomic mass is 16.3. The zero-order valence-electron chi connectivity index (χ0n) is 38.9. The fourth-order valence-electron chi connectivity index (χ4n) is 12.9. The molecule has 5 aromatic heterocycles. The van der Waals surface area contributed by atoms with Gasteiger partial charge in [0.25, 0.3) is 0 Å². The van der Waals surface area contributed by atoms with Crippen LogP contribution >= 0.6 is 0 Å². The van der Waals surface area contributed by atoms with Crippen LogP contribution in [0.25, 0.3) is 138 Å². The molecular formula is C67H41N3O2. The van der Waals surface area contributed by atoms with Gasteiger partial charge >= 0.3 is 0 Å². The Morgan fingerprint density at radius 2 is 0.764 bits per heavy atom. The molecular weight excluding hydrogens is 879 g/mol. The molecule has 1 saturated carbocycles. The molecule has 0 spiro atoms. The monoisotopic (exact) mass is 919 g/mol. The number of hydrogen-bond donors (Lipinski definition) is 0. The average Bonchev–Trinajstić information content (AvgIpc) is 3.68. The highest BCUT2D eigenvalue weighted by molar-refractivity contribution is 6.15. The van der Waals surface area contributed by atoms with Crippen LogP contribution in [0.15, 0.2) is 227 Å². The minimum absolute atomic E-state index is 0.437. The molecule has 336 valence electrons. The average molecular weight is 920 g/mol. The van der Waals surface area contributed by atoms with Gasteiger partial charge in [0.05, 0.1) is 27.6 Å². The molecule has 0 N–H and O–H groups in total. The minimum Gasteiger partial charge on any atom is -0.456 e. The molecule has 2 aliphatic carbocycles. The van der Waals surface area contributed by atoms with Crippen LogP contribution in [0.3, 0.4) is 0 Å². The number of aromatic nitrogens is 3. The molecule has 0 aliphatic heterocycles. The summed E-state index contributed by atoms with van der Waals surface area (Å²) in [6.07, 6.45) is 3.66. The SMILES string of the molecule is C1=C(c2ccc3c(c2)c2cc(-c4ccc5c(c4)c4ccccc4n5-c4ccc5oc6ccccc6c5c4)ccc2n3-c2ccccc2)C2CC2c2c1c1ccccc1n2-c1ccc2oc3ccccc3c2c1. The molecule has 72 heavy (non-hydrogen) atoms. The van der Waals surface area contributed by atoms with Crippen molar-refractivity contribution >= 4 is 110 Å². The van der Waals surface area contributed by atoms with Gasteiger partial charge < -0.3 is 22.5 Å². The van der Waals surface area contributed by atoms with Crippen molar-refractivity contribution in [3.63, 3.8) is 0 Å². The number of allylic oxidation sites excluding steroid dienone is 1. The van der Waals surface area contributed by atoms with Crippen molar-refractivity contribution in [2.75, 3.05) is 0 Å². The Morgan fingerprint density at radius 3 is 1.40 bits per heavy atom. The van der Waals surface area contributed by atoms with Crippen LogP contribution in [0, 0.1) is 5.92 Å². The summed E-state index contributed by atoms with van der Waals surface area (Å²) in [6, 6.07) is 79.8. The molecule has 0 saturated heterocycles. The summed E-state index contributed by atoms with van der Waals surface area (Å²) in [7, 11) is 0. The molecule has 1 fully saturated rings. The second kappa shape index (κ2) is 14.2. The molecule has 5 heterocycles. The third kappa shape index (κ3) is 5.31. The van der Waals surface area contributed by atoms with Crippen molar-refractivity contribution in [1.82, 2.24) is 13.7 Å². The number of fused-ring (bicyclic) bond motifs is 17.